The Morgan fingerprint density at radius 2 is 1.44 bits per heavy atom. The van der Waals surface area contributed by atoms with Gasteiger partial charge in [0, 0.05) is 0 Å². The van der Waals surface area contributed by atoms with Crippen LogP contribution >= 0.6 is 0 Å². The topological polar surface area (TPSA) is 0 Å². The molecule has 0 saturated heterocycles. The first-order chi connectivity index (χ1) is 7.34. The molecule has 1 atom stereocenters. The number of rotatable bonds is 3. The zero-order valence-corrected chi connectivity index (χ0v) is 10.7. The van der Waals surface area contributed by atoms with Gasteiger partial charge in [0.2, 0.25) is 0 Å². The minimum atomic E-state index is 0. The van der Waals surface area contributed by atoms with Crippen molar-refractivity contribution in [2.75, 3.05) is 0 Å². The maximum atomic E-state index is 3.71. The minimum Gasteiger partial charge on any atom is -0.103 e. The van der Waals surface area contributed by atoms with Gasteiger partial charge < -0.3 is 0 Å². The molecule has 2 aliphatic carbocycles. The predicted molar refractivity (Wildman–Crippen MR) is 65.9 cm³/mol. The van der Waals surface area contributed by atoms with Crippen molar-refractivity contribution in [1.82, 2.24) is 0 Å². The molecule has 2 saturated carbocycles. The van der Waals surface area contributed by atoms with E-state index in [1.807, 2.05) is 38.2 Å². The van der Waals surface area contributed by atoms with Crippen LogP contribution in [0.5, 0.6) is 0 Å². The molecule has 0 bridgehead atoms. The quantitative estimate of drug-likeness (QED) is 0.533. The summed E-state index contributed by atoms with van der Waals surface area (Å²) in [6.07, 6.45) is 21.5. The SMILES string of the molecule is C=CCC(C)[C]1[CH][CH][CH][CH]1.[CH]1[CH][CH][CH][CH]1.[Fe+2]. The first kappa shape index (κ1) is 16.3. The van der Waals surface area contributed by atoms with Gasteiger partial charge in [-0.2, -0.15) is 0 Å². The Hall–Kier alpha value is 0.259. The zero-order valence-electron chi connectivity index (χ0n) is 9.62. The van der Waals surface area contributed by atoms with Gasteiger partial charge in [0.1, 0.15) is 0 Å². The van der Waals surface area contributed by atoms with Gasteiger partial charge in [-0.15, -0.1) is 6.58 Å². The second-order valence-electron chi connectivity index (χ2n) is 3.61. The summed E-state index contributed by atoms with van der Waals surface area (Å²) in [5.74, 6) is 2.05. The van der Waals surface area contributed by atoms with Crippen LogP contribution < -0.4 is 0 Å². The minimum absolute atomic E-state index is 0. The van der Waals surface area contributed by atoms with Gasteiger partial charge >= 0.3 is 17.1 Å². The average Bonchev–Trinajstić information content (AvgIpc) is 2.95. The Bertz CT molecular complexity index is 147. The van der Waals surface area contributed by atoms with E-state index in [1.165, 1.54) is 5.92 Å². The van der Waals surface area contributed by atoms with Crippen LogP contribution in [-0.2, 0) is 17.1 Å². The van der Waals surface area contributed by atoms with E-state index in [9.17, 15) is 0 Å². The van der Waals surface area contributed by atoms with Crippen molar-refractivity contribution in [3.63, 3.8) is 0 Å². The van der Waals surface area contributed by atoms with Crippen LogP contribution in [0.3, 0.4) is 0 Å². The third-order valence-electron chi connectivity index (χ3n) is 2.33. The van der Waals surface area contributed by atoms with Crippen LogP contribution in [0, 0.1) is 69.6 Å². The van der Waals surface area contributed by atoms with E-state index in [4.69, 9.17) is 0 Å². The monoisotopic (exact) mass is 254 g/mol. The zero-order chi connectivity index (χ0) is 10.9. The van der Waals surface area contributed by atoms with E-state index in [0.717, 1.165) is 6.42 Å². The van der Waals surface area contributed by atoms with E-state index in [0.29, 0.717) is 5.92 Å². The smallest absolute Gasteiger partial charge is 0.103 e. The van der Waals surface area contributed by atoms with Crippen LogP contribution in [0.1, 0.15) is 13.3 Å². The molecule has 2 aliphatic rings. The summed E-state index contributed by atoms with van der Waals surface area (Å²) in [5.41, 5.74) is 0. The molecular weight excluding hydrogens is 236 g/mol. The van der Waals surface area contributed by atoms with E-state index in [-0.39, 0.29) is 17.1 Å². The molecule has 0 nitrogen and oxygen atoms in total. The maximum Gasteiger partial charge on any atom is 2.00 e. The molecule has 10 radical (unpaired) electrons. The van der Waals surface area contributed by atoms with Gasteiger partial charge in [0.05, 0.1) is 0 Å². The van der Waals surface area contributed by atoms with E-state index in [2.05, 4.69) is 39.2 Å². The molecule has 0 aromatic heterocycles. The standard InChI is InChI=1S/C10H13.C5H5.Fe/c1-3-6-9(2)10-7-4-5-8-10;1-2-4-5-3-1;/h3-5,7-9H,1,6H2,2H3;1-5H;/q;;+2. The molecule has 0 spiro atoms. The van der Waals surface area contributed by atoms with E-state index >= 15 is 0 Å². The van der Waals surface area contributed by atoms with Crippen molar-refractivity contribution in [2.45, 2.75) is 13.3 Å². The molecule has 1 unspecified atom stereocenters. The predicted octanol–water partition coefficient (Wildman–Crippen LogP) is 3.62. The van der Waals surface area contributed by atoms with Gasteiger partial charge in [0.15, 0.2) is 0 Å². The summed E-state index contributed by atoms with van der Waals surface area (Å²) >= 11 is 0. The van der Waals surface area contributed by atoms with Crippen molar-refractivity contribution in [3.8, 4) is 0 Å². The third kappa shape index (κ3) is 6.76. The van der Waals surface area contributed by atoms with Gasteiger partial charge in [-0.1, -0.05) is 13.0 Å². The molecule has 0 aromatic rings. The van der Waals surface area contributed by atoms with Crippen molar-refractivity contribution >= 4 is 0 Å². The van der Waals surface area contributed by atoms with Gasteiger partial charge in [0.25, 0.3) is 0 Å². The normalized spacial score (nSPS) is 21.8. The fourth-order valence-corrected chi connectivity index (χ4v) is 1.42. The number of allylic oxidation sites excluding steroid dienone is 1. The molecule has 0 heterocycles. The molecule has 0 N–H and O–H groups in total. The van der Waals surface area contributed by atoms with E-state index in [1.54, 1.807) is 0 Å². The summed E-state index contributed by atoms with van der Waals surface area (Å²) in [5, 5.41) is 0. The van der Waals surface area contributed by atoms with Crippen LogP contribution in [0.2, 0.25) is 0 Å². The van der Waals surface area contributed by atoms with Crippen molar-refractivity contribution in [1.29, 1.82) is 0 Å². The summed E-state index contributed by atoms with van der Waals surface area (Å²) in [7, 11) is 0. The Balaban J connectivity index is 0.000000318. The first-order valence-electron chi connectivity index (χ1n) is 5.33. The first-order valence-corrected chi connectivity index (χ1v) is 5.33. The van der Waals surface area contributed by atoms with Gasteiger partial charge in [-0.05, 0) is 76.0 Å². The third-order valence-corrected chi connectivity index (χ3v) is 2.33. The summed E-state index contributed by atoms with van der Waals surface area (Å²) in [6, 6.07) is 0. The van der Waals surface area contributed by atoms with Crippen LogP contribution in [0.15, 0.2) is 12.7 Å². The summed E-state index contributed by atoms with van der Waals surface area (Å²) in [6.45, 7) is 5.93. The van der Waals surface area contributed by atoms with Crippen molar-refractivity contribution in [3.05, 3.63) is 76.4 Å². The average molecular weight is 254 g/mol. The second-order valence-corrected chi connectivity index (χ2v) is 3.61. The number of hydrogen-bond donors (Lipinski definition) is 0. The van der Waals surface area contributed by atoms with Crippen molar-refractivity contribution < 1.29 is 17.1 Å². The van der Waals surface area contributed by atoms with Crippen LogP contribution in [-0.4, -0.2) is 0 Å². The molecule has 2 fully saturated rings. The second kappa shape index (κ2) is 10.4. The summed E-state index contributed by atoms with van der Waals surface area (Å²) < 4.78 is 0. The fraction of sp³-hybridized carbons (Fsp3) is 0.200. The largest absolute Gasteiger partial charge is 2.00 e. The maximum absolute atomic E-state index is 3.71. The van der Waals surface area contributed by atoms with Crippen LogP contribution in [0.4, 0.5) is 0 Å². The van der Waals surface area contributed by atoms with Gasteiger partial charge in [-0.3, -0.25) is 0 Å². The Morgan fingerprint density at radius 3 is 1.81 bits per heavy atom. The molecule has 16 heavy (non-hydrogen) atoms. The number of hydrogen-bond acceptors (Lipinski definition) is 0. The Labute approximate surface area is 113 Å². The molecular formula is C15H18Fe+2. The molecule has 1 heteroatoms. The van der Waals surface area contributed by atoms with Crippen LogP contribution in [0.25, 0.3) is 0 Å². The Morgan fingerprint density at radius 1 is 1.00 bits per heavy atom. The fourth-order valence-electron chi connectivity index (χ4n) is 1.42. The van der Waals surface area contributed by atoms with E-state index < -0.39 is 0 Å². The molecule has 2 rings (SSSR count). The van der Waals surface area contributed by atoms with Gasteiger partial charge in [-0.25, -0.2) is 0 Å². The summed E-state index contributed by atoms with van der Waals surface area (Å²) in [4.78, 5) is 0. The molecule has 0 aromatic carbocycles. The van der Waals surface area contributed by atoms with Crippen molar-refractivity contribution in [2.24, 2.45) is 5.92 Å². The molecule has 0 aliphatic heterocycles. The Kier molecular flexibility index (Phi) is 10.6. The molecule has 0 amide bonds. The molecule has 84 valence electrons.